The summed E-state index contributed by atoms with van der Waals surface area (Å²) in [5, 5.41) is 0.183. The van der Waals surface area contributed by atoms with E-state index in [-0.39, 0.29) is 27.8 Å². The van der Waals surface area contributed by atoms with E-state index >= 15 is 0 Å². The van der Waals surface area contributed by atoms with Gasteiger partial charge in [-0.2, -0.15) is 0 Å². The van der Waals surface area contributed by atoms with Gasteiger partial charge in [-0.05, 0) is 25.5 Å². The van der Waals surface area contributed by atoms with Crippen LogP contribution in [0.1, 0.15) is 23.7 Å². The van der Waals surface area contributed by atoms with E-state index in [1.165, 1.54) is 31.2 Å². The number of esters is 1. The van der Waals surface area contributed by atoms with Gasteiger partial charge < -0.3 is 19.1 Å². The SMILES string of the molecule is CCOc1c(Cl)cc(C(=O)OCC(=O)N(C)[C@H]2CCS(=O)(=O)C2)cc1OC. The number of likely N-dealkylation sites (N-methyl/N-ethyl adjacent to an activating group) is 1. The molecule has 150 valence electrons. The number of sulfone groups is 1. The van der Waals surface area contributed by atoms with Gasteiger partial charge in [0, 0.05) is 13.1 Å². The van der Waals surface area contributed by atoms with Crippen molar-refractivity contribution in [3.05, 3.63) is 22.7 Å². The maximum atomic E-state index is 12.2. The van der Waals surface area contributed by atoms with Crippen molar-refractivity contribution in [2.45, 2.75) is 19.4 Å². The molecule has 8 nitrogen and oxygen atoms in total. The molecule has 0 unspecified atom stereocenters. The molecule has 0 radical (unpaired) electrons. The van der Waals surface area contributed by atoms with Gasteiger partial charge in [-0.1, -0.05) is 11.6 Å². The number of ether oxygens (including phenoxy) is 3. The molecule has 0 aromatic heterocycles. The largest absolute Gasteiger partial charge is 0.493 e. The van der Waals surface area contributed by atoms with Crippen LogP contribution in [-0.2, 0) is 19.4 Å². The number of methoxy groups -OCH3 is 1. The van der Waals surface area contributed by atoms with Crippen molar-refractivity contribution in [1.82, 2.24) is 4.90 Å². The minimum absolute atomic E-state index is 0.0551. The van der Waals surface area contributed by atoms with Crippen molar-refractivity contribution in [3.63, 3.8) is 0 Å². The molecular weight excluding hydrogens is 398 g/mol. The summed E-state index contributed by atoms with van der Waals surface area (Å²) >= 11 is 6.12. The molecule has 10 heteroatoms. The Morgan fingerprint density at radius 2 is 2.04 bits per heavy atom. The first-order valence-electron chi connectivity index (χ1n) is 8.32. The fourth-order valence-electron chi connectivity index (χ4n) is 2.72. The van der Waals surface area contributed by atoms with Crippen LogP contribution in [0.4, 0.5) is 0 Å². The van der Waals surface area contributed by atoms with Gasteiger partial charge in [-0.25, -0.2) is 13.2 Å². The molecule has 27 heavy (non-hydrogen) atoms. The van der Waals surface area contributed by atoms with Crippen LogP contribution in [0.15, 0.2) is 12.1 Å². The summed E-state index contributed by atoms with van der Waals surface area (Å²) in [4.78, 5) is 25.7. The van der Waals surface area contributed by atoms with Crippen LogP contribution in [0.25, 0.3) is 0 Å². The highest BCUT2D eigenvalue weighted by Gasteiger charge is 2.33. The fraction of sp³-hybridized carbons (Fsp3) is 0.529. The first kappa shape index (κ1) is 21.3. The lowest BCUT2D eigenvalue weighted by Crippen LogP contribution is -2.40. The molecule has 1 fully saturated rings. The monoisotopic (exact) mass is 419 g/mol. The van der Waals surface area contributed by atoms with Crippen LogP contribution in [-0.4, -0.2) is 70.1 Å². The van der Waals surface area contributed by atoms with Crippen LogP contribution < -0.4 is 9.47 Å². The molecule has 1 aromatic carbocycles. The summed E-state index contributed by atoms with van der Waals surface area (Å²) in [6, 6.07) is 2.38. The Morgan fingerprint density at radius 1 is 1.33 bits per heavy atom. The second-order valence-corrected chi connectivity index (χ2v) is 8.70. The third-order valence-corrected chi connectivity index (χ3v) is 6.26. The Morgan fingerprint density at radius 3 is 2.59 bits per heavy atom. The molecule has 0 N–H and O–H groups in total. The molecule has 1 aromatic rings. The third-order valence-electron chi connectivity index (χ3n) is 4.23. The molecule has 1 atom stereocenters. The van der Waals surface area contributed by atoms with Crippen LogP contribution in [0.2, 0.25) is 5.02 Å². The average Bonchev–Trinajstić information content (AvgIpc) is 3.00. The zero-order valence-electron chi connectivity index (χ0n) is 15.4. The Labute approximate surface area is 163 Å². The van der Waals surface area contributed by atoms with E-state index in [1.54, 1.807) is 6.92 Å². The minimum atomic E-state index is -3.11. The first-order chi connectivity index (χ1) is 12.7. The van der Waals surface area contributed by atoms with Crippen molar-refractivity contribution in [2.24, 2.45) is 0 Å². The number of nitrogens with zero attached hydrogens (tertiary/aromatic N) is 1. The quantitative estimate of drug-likeness (QED) is 0.618. The number of halogens is 1. The van der Waals surface area contributed by atoms with Crippen molar-refractivity contribution < 1.29 is 32.2 Å². The molecule has 1 aliphatic heterocycles. The highest BCUT2D eigenvalue weighted by molar-refractivity contribution is 7.91. The standard InChI is InChI=1S/C17H22ClNO7S/c1-4-25-16-13(18)7-11(8-14(16)24-3)17(21)26-9-15(20)19(2)12-5-6-27(22,23)10-12/h7-8,12H,4-6,9-10H2,1-3H3/t12-/m0/s1. The Hall–Kier alpha value is -2.00. The van der Waals surface area contributed by atoms with Gasteiger partial charge in [0.1, 0.15) is 0 Å². The van der Waals surface area contributed by atoms with Gasteiger partial charge >= 0.3 is 5.97 Å². The van der Waals surface area contributed by atoms with Gasteiger partial charge in [0.2, 0.25) is 0 Å². The smallest absolute Gasteiger partial charge is 0.338 e. The topological polar surface area (TPSA) is 99.2 Å². The lowest BCUT2D eigenvalue weighted by Gasteiger charge is -2.23. The predicted molar refractivity (Wildman–Crippen MR) is 99.3 cm³/mol. The molecule has 0 saturated carbocycles. The van der Waals surface area contributed by atoms with Crippen LogP contribution >= 0.6 is 11.6 Å². The van der Waals surface area contributed by atoms with E-state index in [4.69, 9.17) is 25.8 Å². The Balaban J connectivity index is 2.01. The number of carbonyl (C=O) groups is 2. The number of hydrogen-bond donors (Lipinski definition) is 0. The van der Waals surface area contributed by atoms with E-state index in [0.29, 0.717) is 18.8 Å². The van der Waals surface area contributed by atoms with Crippen molar-refractivity contribution in [3.8, 4) is 11.5 Å². The lowest BCUT2D eigenvalue weighted by molar-refractivity contribution is -0.134. The fourth-order valence-corrected chi connectivity index (χ4v) is 4.76. The van der Waals surface area contributed by atoms with E-state index in [2.05, 4.69) is 0 Å². The number of hydrogen-bond acceptors (Lipinski definition) is 7. The number of rotatable bonds is 7. The van der Waals surface area contributed by atoms with Gasteiger partial charge in [0.25, 0.3) is 5.91 Å². The summed E-state index contributed by atoms with van der Waals surface area (Å²) in [5.41, 5.74) is 0.110. The first-order valence-corrected chi connectivity index (χ1v) is 10.5. The van der Waals surface area contributed by atoms with Gasteiger partial charge in [-0.15, -0.1) is 0 Å². The van der Waals surface area contributed by atoms with E-state index in [9.17, 15) is 18.0 Å². The molecule has 2 rings (SSSR count). The molecular formula is C17H22ClNO7S. The molecule has 1 aliphatic rings. The van der Waals surface area contributed by atoms with Crippen LogP contribution in [0.5, 0.6) is 11.5 Å². The summed E-state index contributed by atoms with van der Waals surface area (Å²) in [5.74, 6) is -0.657. The summed E-state index contributed by atoms with van der Waals surface area (Å²) in [6.07, 6.45) is 0.379. The highest BCUT2D eigenvalue weighted by atomic mass is 35.5. The van der Waals surface area contributed by atoms with Crippen LogP contribution in [0.3, 0.4) is 0 Å². The number of carbonyl (C=O) groups excluding carboxylic acids is 2. The zero-order chi connectivity index (χ0) is 20.2. The van der Waals surface area contributed by atoms with Crippen molar-refractivity contribution >= 4 is 33.3 Å². The second kappa shape index (κ2) is 8.79. The van der Waals surface area contributed by atoms with Gasteiger partial charge in [0.05, 0.1) is 35.8 Å². The second-order valence-electron chi connectivity index (χ2n) is 6.06. The summed E-state index contributed by atoms with van der Waals surface area (Å²) in [7, 11) is -0.199. The van der Waals surface area contributed by atoms with Crippen molar-refractivity contribution in [1.29, 1.82) is 0 Å². The molecule has 0 spiro atoms. The maximum Gasteiger partial charge on any atom is 0.338 e. The molecule has 1 saturated heterocycles. The molecule has 1 heterocycles. The summed E-state index contributed by atoms with van der Waals surface area (Å²) < 4.78 is 38.6. The summed E-state index contributed by atoms with van der Waals surface area (Å²) in [6.45, 7) is 1.66. The van der Waals surface area contributed by atoms with Gasteiger partial charge in [-0.3, -0.25) is 4.79 Å². The molecule has 1 amide bonds. The average molecular weight is 420 g/mol. The predicted octanol–water partition coefficient (Wildman–Crippen LogP) is 1.55. The highest BCUT2D eigenvalue weighted by Crippen LogP contribution is 2.36. The minimum Gasteiger partial charge on any atom is -0.493 e. The Kier molecular flexibility index (Phi) is 6.94. The lowest BCUT2D eigenvalue weighted by atomic mass is 10.2. The van der Waals surface area contributed by atoms with Gasteiger partial charge in [0.15, 0.2) is 27.9 Å². The normalized spacial score (nSPS) is 18.0. The van der Waals surface area contributed by atoms with Crippen LogP contribution in [0, 0.1) is 0 Å². The van der Waals surface area contributed by atoms with Crippen molar-refractivity contribution in [2.75, 3.05) is 38.9 Å². The molecule has 0 aliphatic carbocycles. The molecule has 0 bridgehead atoms. The Bertz CT molecular complexity index is 825. The maximum absolute atomic E-state index is 12.2. The number of benzene rings is 1. The third kappa shape index (κ3) is 5.26. The zero-order valence-corrected chi connectivity index (χ0v) is 16.9. The van der Waals surface area contributed by atoms with E-state index in [1.807, 2.05) is 0 Å². The van der Waals surface area contributed by atoms with E-state index < -0.39 is 34.4 Å². The number of amides is 1. The van der Waals surface area contributed by atoms with E-state index in [0.717, 1.165) is 0 Å².